The van der Waals surface area contributed by atoms with Gasteiger partial charge in [-0.25, -0.2) is 0 Å². The van der Waals surface area contributed by atoms with Gasteiger partial charge in [-0.1, -0.05) is 97.1 Å². The second-order valence-corrected chi connectivity index (χ2v) is 8.94. The Bertz CT molecular complexity index is 1580. The fourth-order valence-electron chi connectivity index (χ4n) is 4.71. The summed E-state index contributed by atoms with van der Waals surface area (Å²) in [7, 11) is 0. The molecule has 0 heterocycles. The van der Waals surface area contributed by atoms with Gasteiger partial charge in [0.25, 0.3) is 0 Å². The molecule has 0 amide bonds. The Morgan fingerprint density at radius 3 is 1.14 bits per heavy atom. The Hall–Kier alpha value is -4.61. The Labute approximate surface area is 213 Å². The molecule has 6 rings (SSSR count). The third-order valence-electron chi connectivity index (χ3n) is 6.35. The number of nitrogens with zero attached hydrogens (tertiary/aromatic N) is 2. The summed E-state index contributed by atoms with van der Waals surface area (Å²) in [5.74, 6) is 0. The standard InChI is InChI=1S/C31H22N4S/c36-31(34-32-19-29-25-13-5-1-9-21(25)17-22-10-2-6-14-26(22)29)35-33-20-30-27-15-7-3-11-23(27)18-24-12-4-8-16-28(24)30/h1-20H,(H2,34,35,36)/b32-19+,33-20+. The first-order valence-electron chi connectivity index (χ1n) is 11.7. The Balaban J connectivity index is 1.24. The molecule has 0 aliphatic rings. The van der Waals surface area contributed by atoms with Crippen molar-refractivity contribution in [3.8, 4) is 0 Å². The van der Waals surface area contributed by atoms with Crippen LogP contribution in [0.25, 0.3) is 43.1 Å². The molecule has 0 aliphatic carbocycles. The number of hydrogen-bond donors (Lipinski definition) is 2. The molecule has 4 nitrogen and oxygen atoms in total. The first-order valence-corrected chi connectivity index (χ1v) is 12.1. The van der Waals surface area contributed by atoms with Crippen LogP contribution in [0.3, 0.4) is 0 Å². The minimum atomic E-state index is 0.316. The van der Waals surface area contributed by atoms with E-state index in [4.69, 9.17) is 12.2 Å². The van der Waals surface area contributed by atoms with Crippen LogP contribution in [-0.4, -0.2) is 17.5 Å². The number of fused-ring (bicyclic) bond motifs is 4. The summed E-state index contributed by atoms with van der Waals surface area (Å²) in [5.41, 5.74) is 7.89. The molecule has 0 fully saturated rings. The van der Waals surface area contributed by atoms with Gasteiger partial charge >= 0.3 is 0 Å². The lowest BCUT2D eigenvalue weighted by Gasteiger charge is -2.09. The lowest BCUT2D eigenvalue weighted by molar-refractivity contribution is 0.935. The number of hydrogen-bond acceptors (Lipinski definition) is 3. The zero-order valence-corrected chi connectivity index (χ0v) is 20.2. The molecule has 36 heavy (non-hydrogen) atoms. The molecular weight excluding hydrogens is 460 g/mol. The predicted octanol–water partition coefficient (Wildman–Crippen LogP) is 7.13. The molecule has 6 aromatic rings. The lowest BCUT2D eigenvalue weighted by atomic mass is 9.97. The van der Waals surface area contributed by atoms with E-state index in [-0.39, 0.29) is 0 Å². The zero-order chi connectivity index (χ0) is 24.3. The van der Waals surface area contributed by atoms with Crippen LogP contribution in [0.1, 0.15) is 11.1 Å². The van der Waals surface area contributed by atoms with E-state index >= 15 is 0 Å². The van der Waals surface area contributed by atoms with E-state index in [1.54, 1.807) is 0 Å². The summed E-state index contributed by atoms with van der Waals surface area (Å²) in [6, 6.07) is 37.7. The van der Waals surface area contributed by atoms with E-state index in [2.05, 4.69) is 81.7 Å². The average Bonchev–Trinajstić information content (AvgIpc) is 2.92. The number of thiocarbonyl (C=S) groups is 1. The molecule has 6 aromatic carbocycles. The third-order valence-corrected chi connectivity index (χ3v) is 6.53. The van der Waals surface area contributed by atoms with Gasteiger partial charge in [-0.2, -0.15) is 10.2 Å². The van der Waals surface area contributed by atoms with Crippen molar-refractivity contribution in [1.29, 1.82) is 0 Å². The Kier molecular flexibility index (Phi) is 5.82. The van der Waals surface area contributed by atoms with Gasteiger partial charge in [0.05, 0.1) is 12.4 Å². The molecule has 172 valence electrons. The van der Waals surface area contributed by atoms with Crippen molar-refractivity contribution in [2.45, 2.75) is 0 Å². The smallest absolute Gasteiger partial charge is 0.207 e. The second-order valence-electron chi connectivity index (χ2n) is 8.53. The van der Waals surface area contributed by atoms with Crippen LogP contribution in [0.5, 0.6) is 0 Å². The Morgan fingerprint density at radius 2 is 0.806 bits per heavy atom. The Morgan fingerprint density at radius 1 is 0.500 bits per heavy atom. The highest BCUT2D eigenvalue weighted by molar-refractivity contribution is 7.80. The highest BCUT2D eigenvalue weighted by Gasteiger charge is 2.07. The molecule has 5 heteroatoms. The van der Waals surface area contributed by atoms with Crippen molar-refractivity contribution in [3.63, 3.8) is 0 Å². The van der Waals surface area contributed by atoms with E-state index in [9.17, 15) is 0 Å². The second kappa shape index (κ2) is 9.56. The van der Waals surface area contributed by atoms with E-state index < -0.39 is 0 Å². The lowest BCUT2D eigenvalue weighted by Crippen LogP contribution is -2.28. The molecule has 0 radical (unpaired) electrons. The summed E-state index contributed by atoms with van der Waals surface area (Å²) in [4.78, 5) is 0. The maximum Gasteiger partial charge on any atom is 0.207 e. The van der Waals surface area contributed by atoms with Crippen molar-refractivity contribution < 1.29 is 0 Å². The summed E-state index contributed by atoms with van der Waals surface area (Å²) < 4.78 is 0. The maximum atomic E-state index is 5.42. The average molecular weight is 483 g/mol. The first kappa shape index (κ1) is 21.9. The molecule has 0 aliphatic heterocycles. The van der Waals surface area contributed by atoms with E-state index in [0.717, 1.165) is 32.7 Å². The summed E-state index contributed by atoms with van der Waals surface area (Å²) >= 11 is 5.42. The summed E-state index contributed by atoms with van der Waals surface area (Å²) in [6.45, 7) is 0. The molecule has 0 atom stereocenters. The highest BCUT2D eigenvalue weighted by atomic mass is 32.1. The first-order chi connectivity index (χ1) is 17.8. The van der Waals surface area contributed by atoms with E-state index in [1.165, 1.54) is 21.5 Å². The predicted molar refractivity (Wildman–Crippen MR) is 157 cm³/mol. The van der Waals surface area contributed by atoms with Crippen molar-refractivity contribution in [3.05, 3.63) is 120 Å². The van der Waals surface area contributed by atoms with Crippen LogP contribution in [-0.2, 0) is 0 Å². The van der Waals surface area contributed by atoms with E-state index in [0.29, 0.717) is 5.11 Å². The van der Waals surface area contributed by atoms with Gasteiger partial charge in [0.2, 0.25) is 5.11 Å². The van der Waals surface area contributed by atoms with Gasteiger partial charge in [-0.3, -0.25) is 10.9 Å². The molecule has 0 aromatic heterocycles. The fraction of sp³-hybridized carbons (Fsp3) is 0. The summed E-state index contributed by atoms with van der Waals surface area (Å²) in [6.07, 6.45) is 3.64. The highest BCUT2D eigenvalue weighted by Crippen LogP contribution is 2.28. The van der Waals surface area contributed by atoms with E-state index in [1.807, 2.05) is 61.0 Å². The van der Waals surface area contributed by atoms with Gasteiger partial charge in [0, 0.05) is 11.1 Å². The van der Waals surface area contributed by atoms with Crippen molar-refractivity contribution in [2.75, 3.05) is 0 Å². The summed E-state index contributed by atoms with van der Waals surface area (Å²) in [5, 5.41) is 18.4. The van der Waals surface area contributed by atoms with Crippen molar-refractivity contribution in [1.82, 2.24) is 10.9 Å². The number of benzene rings is 6. The molecule has 2 N–H and O–H groups in total. The molecule has 0 unspecified atom stereocenters. The minimum Gasteiger partial charge on any atom is -0.252 e. The normalized spacial score (nSPS) is 11.8. The van der Waals surface area contributed by atoms with Gasteiger partial charge in [0.15, 0.2) is 0 Å². The monoisotopic (exact) mass is 482 g/mol. The van der Waals surface area contributed by atoms with Crippen LogP contribution in [0.15, 0.2) is 119 Å². The molecule has 0 spiro atoms. The van der Waals surface area contributed by atoms with Crippen molar-refractivity contribution >= 4 is 72.8 Å². The number of nitrogens with one attached hydrogen (secondary N) is 2. The zero-order valence-electron chi connectivity index (χ0n) is 19.3. The molecule has 0 saturated heterocycles. The molecule has 0 saturated carbocycles. The van der Waals surface area contributed by atoms with Crippen LogP contribution in [0.4, 0.5) is 0 Å². The quantitative estimate of drug-likeness (QED) is 0.122. The molecular formula is C31H22N4S. The topological polar surface area (TPSA) is 48.8 Å². The molecule has 0 bridgehead atoms. The van der Waals surface area contributed by atoms with Gasteiger partial charge < -0.3 is 0 Å². The minimum absolute atomic E-state index is 0.316. The maximum absolute atomic E-state index is 5.42. The third kappa shape index (κ3) is 4.17. The number of rotatable bonds is 4. The van der Waals surface area contributed by atoms with Crippen LogP contribution in [0, 0.1) is 0 Å². The largest absolute Gasteiger partial charge is 0.252 e. The SMILES string of the molecule is S=C(N/N=C/c1c2ccccc2cc2ccccc12)N/N=C/c1c2ccccc2cc2ccccc12. The van der Waals surface area contributed by atoms with Gasteiger partial charge in [-0.05, 0) is 67.4 Å². The van der Waals surface area contributed by atoms with Crippen LogP contribution >= 0.6 is 12.2 Å². The number of hydrazone groups is 2. The van der Waals surface area contributed by atoms with Crippen LogP contribution in [0.2, 0.25) is 0 Å². The fourth-order valence-corrected chi connectivity index (χ4v) is 4.82. The van der Waals surface area contributed by atoms with Gasteiger partial charge in [0.1, 0.15) is 0 Å². The van der Waals surface area contributed by atoms with Crippen LogP contribution < -0.4 is 10.9 Å². The van der Waals surface area contributed by atoms with Crippen molar-refractivity contribution in [2.24, 2.45) is 10.2 Å². The van der Waals surface area contributed by atoms with Gasteiger partial charge in [-0.15, -0.1) is 0 Å².